The number of alkyl halides is 3. The summed E-state index contributed by atoms with van der Waals surface area (Å²) in [6.45, 7) is 0. The van der Waals surface area contributed by atoms with Gasteiger partial charge in [-0.3, -0.25) is 0 Å². The van der Waals surface area contributed by atoms with Gasteiger partial charge in [-0.1, -0.05) is 17.3 Å². The average molecular weight is 459 g/mol. The van der Waals surface area contributed by atoms with E-state index in [-0.39, 0.29) is 5.69 Å². The number of benzene rings is 2. The van der Waals surface area contributed by atoms with Crippen LogP contribution in [0.25, 0.3) is 22.6 Å². The highest BCUT2D eigenvalue weighted by atomic mass is 19.4. The first-order valence-electron chi connectivity index (χ1n) is 9.37. The summed E-state index contributed by atoms with van der Waals surface area (Å²) < 4.78 is 52.9. The van der Waals surface area contributed by atoms with Crippen molar-refractivity contribution in [3.63, 3.8) is 0 Å². The summed E-state index contributed by atoms with van der Waals surface area (Å²) in [6, 6.07) is 11.1. The molecule has 1 N–H and O–H groups in total. The maximum Gasteiger partial charge on any atom is 0.434 e. The smallest absolute Gasteiger partial charge is 0.434 e. The minimum Gasteiger partial charge on any atom is -0.493 e. The fourth-order valence-corrected chi connectivity index (χ4v) is 3.24. The first-order valence-corrected chi connectivity index (χ1v) is 9.37. The molecule has 0 aliphatic heterocycles. The minimum atomic E-state index is -4.90. The van der Waals surface area contributed by atoms with Gasteiger partial charge in [0.25, 0.3) is 0 Å². The Kier molecular flexibility index (Phi) is 5.50. The van der Waals surface area contributed by atoms with E-state index in [1.54, 1.807) is 36.5 Å². The number of aromatic carboxylic acids is 1. The van der Waals surface area contributed by atoms with Crippen molar-refractivity contribution in [2.75, 3.05) is 14.2 Å². The molecule has 0 aliphatic rings. The molecule has 4 aromatic rings. The number of rotatable bonds is 6. The Labute approximate surface area is 184 Å². The SMILES string of the molecule is COc1ccc(-n2cc(-c3ccc(-n4ncc(C(=O)O)c4C(F)(F)F)cc3)nn2)cc1OC. The lowest BCUT2D eigenvalue weighted by Crippen LogP contribution is -2.17. The van der Waals surface area contributed by atoms with Crippen molar-refractivity contribution < 1.29 is 32.5 Å². The van der Waals surface area contributed by atoms with Crippen molar-refractivity contribution in [1.29, 1.82) is 0 Å². The molecule has 2 aromatic carbocycles. The maximum atomic E-state index is 13.4. The fraction of sp³-hybridized carbons (Fsp3) is 0.143. The van der Waals surface area contributed by atoms with Crippen LogP contribution in [-0.2, 0) is 6.18 Å². The van der Waals surface area contributed by atoms with Crippen LogP contribution in [-0.4, -0.2) is 50.1 Å². The molecule has 0 radical (unpaired) electrons. The molecule has 0 bridgehead atoms. The normalized spacial score (nSPS) is 11.4. The number of hydrogen-bond donors (Lipinski definition) is 1. The lowest BCUT2D eigenvalue weighted by Gasteiger charge is -2.11. The molecular formula is C21H16F3N5O4. The number of methoxy groups -OCH3 is 2. The summed E-state index contributed by atoms with van der Waals surface area (Å²) in [5.74, 6) is -0.645. The van der Waals surface area contributed by atoms with Gasteiger partial charge in [-0.2, -0.15) is 18.3 Å². The van der Waals surface area contributed by atoms with Crippen molar-refractivity contribution >= 4 is 5.97 Å². The van der Waals surface area contributed by atoms with Gasteiger partial charge in [0.05, 0.1) is 38.0 Å². The van der Waals surface area contributed by atoms with Gasteiger partial charge in [0, 0.05) is 11.6 Å². The number of hydrogen-bond acceptors (Lipinski definition) is 6. The van der Waals surface area contributed by atoms with Crippen molar-refractivity contribution in [3.8, 4) is 34.1 Å². The van der Waals surface area contributed by atoms with Gasteiger partial charge in [-0.25, -0.2) is 14.2 Å². The van der Waals surface area contributed by atoms with E-state index >= 15 is 0 Å². The molecule has 0 saturated carbocycles. The van der Waals surface area contributed by atoms with Crippen LogP contribution in [0.15, 0.2) is 54.9 Å². The molecule has 0 spiro atoms. The number of ether oxygens (including phenoxy) is 2. The zero-order valence-corrected chi connectivity index (χ0v) is 17.2. The third kappa shape index (κ3) is 4.10. The van der Waals surface area contributed by atoms with E-state index < -0.39 is 23.4 Å². The largest absolute Gasteiger partial charge is 0.493 e. The Hall–Kier alpha value is -4.35. The summed E-state index contributed by atoms with van der Waals surface area (Å²) in [7, 11) is 3.04. The van der Waals surface area contributed by atoms with Gasteiger partial charge in [0.2, 0.25) is 0 Å². The van der Waals surface area contributed by atoms with E-state index in [1.165, 1.54) is 31.0 Å². The van der Waals surface area contributed by atoms with Gasteiger partial charge >= 0.3 is 12.1 Å². The van der Waals surface area contributed by atoms with E-state index in [0.29, 0.717) is 39.3 Å². The lowest BCUT2D eigenvalue weighted by molar-refractivity contribution is -0.143. The second-order valence-electron chi connectivity index (χ2n) is 6.76. The molecule has 170 valence electrons. The Bertz CT molecular complexity index is 1310. The Morgan fingerprint density at radius 3 is 2.27 bits per heavy atom. The molecule has 4 rings (SSSR count). The van der Waals surface area contributed by atoms with Gasteiger partial charge in [0.1, 0.15) is 11.3 Å². The zero-order valence-electron chi connectivity index (χ0n) is 17.2. The predicted molar refractivity (Wildman–Crippen MR) is 109 cm³/mol. The molecule has 12 heteroatoms. The fourth-order valence-electron chi connectivity index (χ4n) is 3.24. The van der Waals surface area contributed by atoms with Crippen LogP contribution in [0.4, 0.5) is 13.2 Å². The summed E-state index contributed by atoms with van der Waals surface area (Å²) in [5.41, 5.74) is -0.517. The number of halogens is 3. The quantitative estimate of drug-likeness (QED) is 0.467. The first kappa shape index (κ1) is 21.9. The van der Waals surface area contributed by atoms with Crippen molar-refractivity contribution in [1.82, 2.24) is 24.8 Å². The number of carboxylic acid groups (broad SMARTS) is 1. The van der Waals surface area contributed by atoms with Crippen molar-refractivity contribution in [3.05, 3.63) is 66.1 Å². The van der Waals surface area contributed by atoms with Gasteiger partial charge in [-0.05, 0) is 24.3 Å². The Balaban J connectivity index is 1.65. The molecule has 2 heterocycles. The standard InChI is InChI=1S/C21H16F3N5O4/c1-32-17-8-7-14(9-18(17)33-2)28-11-16(26-27-28)12-3-5-13(6-4-12)29-19(21(22,23)24)15(10-25-29)20(30)31/h3-11H,1-2H3,(H,30,31). The predicted octanol–water partition coefficient (Wildman–Crippen LogP) is 3.85. The van der Waals surface area contributed by atoms with Crippen LogP contribution in [0.5, 0.6) is 11.5 Å². The molecule has 9 nitrogen and oxygen atoms in total. The summed E-state index contributed by atoms with van der Waals surface area (Å²) in [6.07, 6.45) is -2.58. The molecule has 0 fully saturated rings. The lowest BCUT2D eigenvalue weighted by atomic mass is 10.1. The van der Waals surface area contributed by atoms with Crippen LogP contribution in [0, 0.1) is 0 Å². The number of aromatic nitrogens is 5. The number of nitrogens with zero attached hydrogens (tertiary/aromatic N) is 5. The summed E-state index contributed by atoms with van der Waals surface area (Å²) in [5, 5.41) is 20.9. The summed E-state index contributed by atoms with van der Waals surface area (Å²) in [4.78, 5) is 11.2. The van der Waals surface area contributed by atoms with Gasteiger partial charge < -0.3 is 14.6 Å². The highest BCUT2D eigenvalue weighted by Gasteiger charge is 2.40. The molecular weight excluding hydrogens is 443 g/mol. The third-order valence-corrected chi connectivity index (χ3v) is 4.80. The molecule has 2 aromatic heterocycles. The molecule has 0 amide bonds. The van der Waals surface area contributed by atoms with E-state index in [0.717, 1.165) is 0 Å². The third-order valence-electron chi connectivity index (χ3n) is 4.80. The van der Waals surface area contributed by atoms with Crippen molar-refractivity contribution in [2.24, 2.45) is 0 Å². The van der Waals surface area contributed by atoms with E-state index in [9.17, 15) is 18.0 Å². The molecule has 0 saturated heterocycles. The highest BCUT2D eigenvalue weighted by molar-refractivity contribution is 5.89. The summed E-state index contributed by atoms with van der Waals surface area (Å²) >= 11 is 0. The topological polar surface area (TPSA) is 104 Å². The van der Waals surface area contributed by atoms with Crippen molar-refractivity contribution in [2.45, 2.75) is 6.18 Å². The van der Waals surface area contributed by atoms with E-state index in [1.807, 2.05) is 0 Å². The second-order valence-corrected chi connectivity index (χ2v) is 6.76. The monoisotopic (exact) mass is 459 g/mol. The van der Waals surface area contributed by atoms with E-state index in [2.05, 4.69) is 15.4 Å². The van der Waals surface area contributed by atoms with Crippen LogP contribution >= 0.6 is 0 Å². The maximum absolute atomic E-state index is 13.4. The van der Waals surface area contributed by atoms with E-state index in [4.69, 9.17) is 14.6 Å². The number of carbonyl (C=O) groups is 1. The van der Waals surface area contributed by atoms with Crippen LogP contribution in [0.3, 0.4) is 0 Å². The highest BCUT2D eigenvalue weighted by Crippen LogP contribution is 2.34. The van der Waals surface area contributed by atoms with Crippen LogP contribution in [0.1, 0.15) is 16.1 Å². The second kappa shape index (κ2) is 8.30. The molecule has 0 atom stereocenters. The molecule has 0 unspecified atom stereocenters. The number of carboxylic acids is 1. The van der Waals surface area contributed by atoms with Gasteiger partial charge in [0.15, 0.2) is 17.2 Å². The molecule has 33 heavy (non-hydrogen) atoms. The Morgan fingerprint density at radius 2 is 1.67 bits per heavy atom. The molecule has 0 aliphatic carbocycles. The first-order chi connectivity index (χ1) is 15.7. The van der Waals surface area contributed by atoms with Crippen LogP contribution < -0.4 is 9.47 Å². The van der Waals surface area contributed by atoms with Crippen LogP contribution in [0.2, 0.25) is 0 Å². The minimum absolute atomic E-state index is 0.0471. The Morgan fingerprint density at radius 1 is 1.00 bits per heavy atom. The average Bonchev–Trinajstić information content (AvgIpc) is 3.46. The van der Waals surface area contributed by atoms with Gasteiger partial charge in [-0.15, -0.1) is 5.10 Å². The zero-order chi connectivity index (χ0) is 23.8.